The lowest BCUT2D eigenvalue weighted by atomic mass is 9.98. The van der Waals surface area contributed by atoms with E-state index in [1.807, 2.05) is 24.3 Å². The Kier molecular flexibility index (Phi) is 6.40. The second-order valence-electron chi connectivity index (χ2n) is 6.00. The lowest BCUT2D eigenvalue weighted by molar-refractivity contribution is -0.119. The predicted molar refractivity (Wildman–Crippen MR) is 89.0 cm³/mol. The van der Waals surface area contributed by atoms with E-state index in [1.165, 1.54) is 19.3 Å². The van der Waals surface area contributed by atoms with E-state index in [0.717, 1.165) is 18.6 Å². The van der Waals surface area contributed by atoms with Gasteiger partial charge in [-0.05, 0) is 56.4 Å². The zero-order chi connectivity index (χ0) is 16.7. The average molecular weight is 319 g/mol. The molecular formula is C17H25N3O3. The van der Waals surface area contributed by atoms with Gasteiger partial charge in [-0.3, -0.25) is 9.59 Å². The van der Waals surface area contributed by atoms with E-state index in [2.05, 4.69) is 5.32 Å². The normalized spacial score (nSPS) is 16.6. The largest absolute Gasteiger partial charge is 0.490 e. The second-order valence-corrected chi connectivity index (χ2v) is 6.00. The van der Waals surface area contributed by atoms with Crippen LogP contribution in [0.1, 0.15) is 44.9 Å². The van der Waals surface area contributed by atoms with Crippen LogP contribution in [0.2, 0.25) is 0 Å². The SMILES string of the molecule is NC(=O)[C@@H](N)CCC(=O)Nc1ccc(OC2CCCCC2)cc1. The molecular weight excluding hydrogens is 294 g/mol. The number of anilines is 1. The summed E-state index contributed by atoms with van der Waals surface area (Å²) in [4.78, 5) is 22.6. The summed E-state index contributed by atoms with van der Waals surface area (Å²) in [5.41, 5.74) is 11.2. The number of rotatable bonds is 7. The van der Waals surface area contributed by atoms with Crippen molar-refractivity contribution in [3.63, 3.8) is 0 Å². The highest BCUT2D eigenvalue weighted by molar-refractivity contribution is 5.91. The number of benzene rings is 1. The third-order valence-corrected chi connectivity index (χ3v) is 4.04. The third kappa shape index (κ3) is 5.90. The molecule has 1 saturated carbocycles. The molecule has 6 nitrogen and oxygen atoms in total. The van der Waals surface area contributed by atoms with Gasteiger partial charge in [0, 0.05) is 12.1 Å². The van der Waals surface area contributed by atoms with Gasteiger partial charge in [0.05, 0.1) is 12.1 Å². The molecule has 0 saturated heterocycles. The first-order chi connectivity index (χ1) is 11.0. The summed E-state index contributed by atoms with van der Waals surface area (Å²) in [5, 5.41) is 2.76. The van der Waals surface area contributed by atoms with Gasteiger partial charge in [-0.1, -0.05) is 6.42 Å². The van der Waals surface area contributed by atoms with Gasteiger partial charge in [0.2, 0.25) is 11.8 Å². The molecule has 23 heavy (non-hydrogen) atoms. The van der Waals surface area contributed by atoms with Gasteiger partial charge in [0.25, 0.3) is 0 Å². The van der Waals surface area contributed by atoms with E-state index in [1.54, 1.807) is 0 Å². The second kappa shape index (κ2) is 8.53. The standard InChI is InChI=1S/C17H25N3O3/c18-15(17(19)22)10-11-16(21)20-12-6-8-14(9-7-12)23-13-4-2-1-3-5-13/h6-9,13,15H,1-5,10-11,18H2,(H2,19,22)(H,20,21)/t15-/m0/s1. The molecule has 6 heteroatoms. The van der Waals surface area contributed by atoms with Crippen LogP contribution in [0.3, 0.4) is 0 Å². The van der Waals surface area contributed by atoms with Crippen molar-refractivity contribution < 1.29 is 14.3 Å². The maximum absolute atomic E-state index is 11.8. The smallest absolute Gasteiger partial charge is 0.234 e. The Morgan fingerprint density at radius 2 is 1.83 bits per heavy atom. The monoisotopic (exact) mass is 319 g/mol. The molecule has 1 aliphatic rings. The molecule has 0 aliphatic heterocycles. The Balaban J connectivity index is 1.77. The summed E-state index contributed by atoms with van der Waals surface area (Å²) in [6, 6.07) is 6.55. The molecule has 0 bridgehead atoms. The van der Waals surface area contributed by atoms with Crippen molar-refractivity contribution in [1.82, 2.24) is 0 Å². The van der Waals surface area contributed by atoms with Gasteiger partial charge >= 0.3 is 0 Å². The molecule has 1 aliphatic carbocycles. The number of hydrogen-bond acceptors (Lipinski definition) is 4. The first kappa shape index (κ1) is 17.3. The van der Waals surface area contributed by atoms with E-state index in [0.29, 0.717) is 11.8 Å². The van der Waals surface area contributed by atoms with Crippen molar-refractivity contribution in [3.05, 3.63) is 24.3 Å². The van der Waals surface area contributed by atoms with Gasteiger partial charge in [-0.2, -0.15) is 0 Å². The number of carbonyl (C=O) groups excluding carboxylic acids is 2. The predicted octanol–water partition coefficient (Wildman–Crippen LogP) is 1.93. The molecule has 1 aromatic carbocycles. The highest BCUT2D eigenvalue weighted by Crippen LogP contribution is 2.24. The summed E-state index contributed by atoms with van der Waals surface area (Å²) >= 11 is 0. The summed E-state index contributed by atoms with van der Waals surface area (Å²) in [7, 11) is 0. The number of nitrogens with one attached hydrogen (secondary N) is 1. The van der Waals surface area contributed by atoms with Crippen LogP contribution in [0, 0.1) is 0 Å². The van der Waals surface area contributed by atoms with Crippen molar-refractivity contribution in [2.75, 3.05) is 5.32 Å². The van der Waals surface area contributed by atoms with Crippen molar-refractivity contribution in [2.45, 2.75) is 57.1 Å². The summed E-state index contributed by atoms with van der Waals surface area (Å²) in [5.74, 6) is 0.0373. The van der Waals surface area contributed by atoms with Crippen LogP contribution >= 0.6 is 0 Å². The van der Waals surface area contributed by atoms with Crippen LogP contribution in [0.25, 0.3) is 0 Å². The quantitative estimate of drug-likeness (QED) is 0.713. The number of nitrogens with two attached hydrogens (primary N) is 2. The van der Waals surface area contributed by atoms with Gasteiger partial charge in [0.15, 0.2) is 0 Å². The molecule has 1 aromatic rings. The van der Waals surface area contributed by atoms with E-state index >= 15 is 0 Å². The Labute approximate surface area is 136 Å². The van der Waals surface area contributed by atoms with Gasteiger partial charge in [-0.15, -0.1) is 0 Å². The maximum atomic E-state index is 11.8. The molecule has 0 unspecified atom stereocenters. The number of primary amides is 1. The van der Waals surface area contributed by atoms with Gasteiger partial charge in [-0.25, -0.2) is 0 Å². The van der Waals surface area contributed by atoms with Crippen LogP contribution < -0.4 is 21.5 Å². The molecule has 0 spiro atoms. The van der Waals surface area contributed by atoms with Gasteiger partial charge < -0.3 is 21.5 Å². The highest BCUT2D eigenvalue weighted by atomic mass is 16.5. The minimum Gasteiger partial charge on any atom is -0.490 e. The zero-order valence-electron chi connectivity index (χ0n) is 13.3. The molecule has 2 amide bonds. The Morgan fingerprint density at radius 1 is 1.17 bits per heavy atom. The van der Waals surface area contributed by atoms with Crippen molar-refractivity contribution in [2.24, 2.45) is 11.5 Å². The number of carbonyl (C=O) groups is 2. The fraction of sp³-hybridized carbons (Fsp3) is 0.529. The summed E-state index contributed by atoms with van der Waals surface area (Å²) < 4.78 is 5.94. The average Bonchev–Trinajstić information content (AvgIpc) is 2.55. The van der Waals surface area contributed by atoms with E-state index in [4.69, 9.17) is 16.2 Å². The first-order valence-electron chi connectivity index (χ1n) is 8.16. The van der Waals surface area contributed by atoms with E-state index in [-0.39, 0.29) is 18.7 Å². The first-order valence-corrected chi connectivity index (χ1v) is 8.16. The Bertz CT molecular complexity index is 524. The lowest BCUT2D eigenvalue weighted by Crippen LogP contribution is -2.37. The van der Waals surface area contributed by atoms with Crippen molar-refractivity contribution in [1.29, 1.82) is 0 Å². The van der Waals surface area contributed by atoms with Crippen LogP contribution in [0.15, 0.2) is 24.3 Å². The zero-order valence-corrected chi connectivity index (χ0v) is 13.3. The van der Waals surface area contributed by atoms with Crippen LogP contribution in [-0.4, -0.2) is 24.0 Å². The fourth-order valence-corrected chi connectivity index (χ4v) is 2.64. The van der Waals surface area contributed by atoms with E-state index < -0.39 is 11.9 Å². The molecule has 0 aromatic heterocycles. The van der Waals surface area contributed by atoms with Gasteiger partial charge in [0.1, 0.15) is 5.75 Å². The Morgan fingerprint density at radius 3 is 2.43 bits per heavy atom. The van der Waals surface area contributed by atoms with Crippen LogP contribution in [-0.2, 0) is 9.59 Å². The third-order valence-electron chi connectivity index (χ3n) is 4.04. The molecule has 2 rings (SSSR count). The molecule has 5 N–H and O–H groups in total. The lowest BCUT2D eigenvalue weighted by Gasteiger charge is -2.23. The number of ether oxygens (including phenoxy) is 1. The van der Waals surface area contributed by atoms with Crippen LogP contribution in [0.5, 0.6) is 5.75 Å². The molecule has 0 heterocycles. The minimum atomic E-state index is -0.785. The number of hydrogen-bond donors (Lipinski definition) is 3. The topological polar surface area (TPSA) is 107 Å². The molecule has 0 radical (unpaired) electrons. The van der Waals surface area contributed by atoms with Crippen molar-refractivity contribution >= 4 is 17.5 Å². The minimum absolute atomic E-state index is 0.157. The van der Waals surface area contributed by atoms with Crippen LogP contribution in [0.4, 0.5) is 5.69 Å². The van der Waals surface area contributed by atoms with E-state index in [9.17, 15) is 9.59 Å². The molecule has 1 fully saturated rings. The molecule has 1 atom stereocenters. The maximum Gasteiger partial charge on any atom is 0.234 e. The highest BCUT2D eigenvalue weighted by Gasteiger charge is 2.15. The summed E-state index contributed by atoms with van der Waals surface area (Å²) in [6.07, 6.45) is 6.67. The number of amides is 2. The summed E-state index contributed by atoms with van der Waals surface area (Å²) in [6.45, 7) is 0. The molecule has 126 valence electrons. The fourth-order valence-electron chi connectivity index (χ4n) is 2.64. The van der Waals surface area contributed by atoms with Crippen molar-refractivity contribution in [3.8, 4) is 5.75 Å². The Hall–Kier alpha value is -2.08.